The molecule has 0 radical (unpaired) electrons. The van der Waals surface area contributed by atoms with Crippen molar-refractivity contribution < 1.29 is 4.74 Å². The predicted octanol–water partition coefficient (Wildman–Crippen LogP) is 3.26. The van der Waals surface area contributed by atoms with Crippen LogP contribution in [-0.4, -0.2) is 31.7 Å². The van der Waals surface area contributed by atoms with Gasteiger partial charge in [-0.15, -0.1) is 24.0 Å². The first kappa shape index (κ1) is 18.8. The van der Waals surface area contributed by atoms with Crippen LogP contribution in [0.3, 0.4) is 0 Å². The van der Waals surface area contributed by atoms with Crippen molar-refractivity contribution in [1.82, 2.24) is 10.6 Å². The van der Waals surface area contributed by atoms with Crippen LogP contribution in [0.2, 0.25) is 0 Å². The lowest BCUT2D eigenvalue weighted by Gasteiger charge is -2.20. The predicted molar refractivity (Wildman–Crippen MR) is 103 cm³/mol. The number of nitrogens with zero attached hydrogens (tertiary/aromatic N) is 1. The molecule has 1 aromatic rings. The van der Waals surface area contributed by atoms with Crippen molar-refractivity contribution in [2.24, 2.45) is 4.99 Å². The number of guanidine groups is 1. The highest BCUT2D eigenvalue weighted by molar-refractivity contribution is 14.0. The van der Waals surface area contributed by atoms with Crippen LogP contribution >= 0.6 is 24.0 Å². The van der Waals surface area contributed by atoms with Crippen molar-refractivity contribution in [3.8, 4) is 5.75 Å². The molecule has 2 N–H and O–H groups in total. The molecule has 22 heavy (non-hydrogen) atoms. The fourth-order valence-electron chi connectivity index (χ4n) is 2.31. The van der Waals surface area contributed by atoms with Crippen molar-refractivity contribution in [3.63, 3.8) is 0 Å². The normalized spacial score (nSPS) is 16.0. The van der Waals surface area contributed by atoms with E-state index in [0.29, 0.717) is 12.6 Å². The Balaban J connectivity index is 0.00000242. The van der Waals surface area contributed by atoms with Crippen molar-refractivity contribution in [2.45, 2.75) is 38.8 Å². The minimum Gasteiger partial charge on any atom is -0.489 e. The van der Waals surface area contributed by atoms with Gasteiger partial charge in [0.25, 0.3) is 0 Å². The van der Waals surface area contributed by atoms with Gasteiger partial charge in [-0.05, 0) is 38.3 Å². The molecule has 0 saturated carbocycles. The summed E-state index contributed by atoms with van der Waals surface area (Å²) in [4.78, 5) is 4.26. The zero-order chi connectivity index (χ0) is 15.1. The summed E-state index contributed by atoms with van der Waals surface area (Å²) in [6.07, 6.45) is 6.61. The highest BCUT2D eigenvalue weighted by atomic mass is 127. The van der Waals surface area contributed by atoms with Gasteiger partial charge < -0.3 is 15.4 Å². The summed E-state index contributed by atoms with van der Waals surface area (Å²) in [5.74, 6) is 1.78. The number of ether oxygens (including phenoxy) is 1. The molecule has 0 fully saturated rings. The van der Waals surface area contributed by atoms with Crippen molar-refractivity contribution in [2.75, 3.05) is 13.6 Å². The maximum absolute atomic E-state index is 5.95. The van der Waals surface area contributed by atoms with Gasteiger partial charge in [0, 0.05) is 13.1 Å². The molecule has 1 atom stereocenters. The van der Waals surface area contributed by atoms with Crippen LogP contribution in [0, 0.1) is 6.92 Å². The smallest absolute Gasteiger partial charge is 0.191 e. The van der Waals surface area contributed by atoms with Crippen LogP contribution < -0.4 is 15.4 Å². The molecule has 1 unspecified atom stereocenters. The number of benzene rings is 1. The first-order chi connectivity index (χ1) is 10.2. The largest absolute Gasteiger partial charge is 0.489 e. The summed E-state index contributed by atoms with van der Waals surface area (Å²) in [7, 11) is 1.80. The molecule has 0 amide bonds. The third-order valence-electron chi connectivity index (χ3n) is 3.55. The van der Waals surface area contributed by atoms with Gasteiger partial charge in [-0.25, -0.2) is 0 Å². The molecule has 0 saturated heterocycles. The summed E-state index contributed by atoms with van der Waals surface area (Å²) in [5, 5.41) is 6.74. The zero-order valence-electron chi connectivity index (χ0n) is 13.5. The van der Waals surface area contributed by atoms with Gasteiger partial charge in [-0.2, -0.15) is 0 Å². The average Bonchev–Trinajstić information content (AvgIpc) is 2.99. The third kappa shape index (κ3) is 5.87. The Morgan fingerprint density at radius 2 is 2.00 bits per heavy atom. The Kier molecular flexibility index (Phi) is 8.30. The number of hydrogen-bond donors (Lipinski definition) is 2. The molecule has 122 valence electrons. The lowest BCUT2D eigenvalue weighted by Crippen LogP contribution is -2.45. The van der Waals surface area contributed by atoms with Gasteiger partial charge in [-0.1, -0.05) is 30.4 Å². The number of rotatable bonds is 5. The number of halogens is 1. The van der Waals surface area contributed by atoms with Gasteiger partial charge in [0.15, 0.2) is 5.96 Å². The Bertz CT molecular complexity index is 508. The summed E-state index contributed by atoms with van der Waals surface area (Å²) in [5.41, 5.74) is 1.16. The Hall–Kier alpha value is -1.24. The monoisotopic (exact) mass is 415 g/mol. The second-order valence-corrected chi connectivity index (χ2v) is 5.43. The lowest BCUT2D eigenvalue weighted by atomic mass is 10.2. The van der Waals surface area contributed by atoms with Crippen LogP contribution in [0.1, 0.15) is 25.3 Å². The van der Waals surface area contributed by atoms with E-state index in [1.54, 1.807) is 7.05 Å². The van der Waals surface area contributed by atoms with Gasteiger partial charge in [0.05, 0.1) is 6.54 Å². The topological polar surface area (TPSA) is 45.7 Å². The summed E-state index contributed by atoms with van der Waals surface area (Å²) < 4.78 is 5.95. The fourth-order valence-corrected chi connectivity index (χ4v) is 2.31. The van der Waals surface area contributed by atoms with Crippen LogP contribution in [0.5, 0.6) is 5.75 Å². The van der Waals surface area contributed by atoms with Gasteiger partial charge in [-0.3, -0.25) is 4.99 Å². The zero-order valence-corrected chi connectivity index (χ0v) is 15.8. The quantitative estimate of drug-likeness (QED) is 0.336. The van der Waals surface area contributed by atoms with Crippen LogP contribution in [0.25, 0.3) is 0 Å². The third-order valence-corrected chi connectivity index (χ3v) is 3.55. The molecule has 0 aliphatic heterocycles. The Morgan fingerprint density at radius 3 is 2.64 bits per heavy atom. The number of aryl methyl sites for hydroxylation is 1. The first-order valence-electron chi connectivity index (χ1n) is 7.53. The van der Waals surface area contributed by atoms with E-state index in [9.17, 15) is 0 Å². The fraction of sp³-hybridized carbons (Fsp3) is 0.471. The number of para-hydroxylation sites is 1. The maximum Gasteiger partial charge on any atom is 0.191 e. The summed E-state index contributed by atoms with van der Waals surface area (Å²) >= 11 is 0. The molecule has 1 aliphatic carbocycles. The van der Waals surface area contributed by atoms with E-state index in [0.717, 1.165) is 30.1 Å². The molecule has 0 aromatic heterocycles. The molecule has 0 heterocycles. The molecular weight excluding hydrogens is 389 g/mol. The second kappa shape index (κ2) is 9.71. The van der Waals surface area contributed by atoms with E-state index in [-0.39, 0.29) is 30.1 Å². The van der Waals surface area contributed by atoms with E-state index in [1.165, 1.54) is 0 Å². The van der Waals surface area contributed by atoms with Crippen LogP contribution in [-0.2, 0) is 0 Å². The highest BCUT2D eigenvalue weighted by Gasteiger charge is 2.12. The van der Waals surface area contributed by atoms with Crippen LogP contribution in [0.15, 0.2) is 41.4 Å². The van der Waals surface area contributed by atoms with Gasteiger partial charge in [0.2, 0.25) is 0 Å². The van der Waals surface area contributed by atoms with Gasteiger partial charge in [0.1, 0.15) is 11.9 Å². The SMILES string of the molecule is CN=C(NCC(C)Oc1ccccc1C)NC1CC=CC1.I. The molecule has 4 nitrogen and oxygen atoms in total. The lowest BCUT2D eigenvalue weighted by molar-refractivity contribution is 0.222. The van der Waals surface area contributed by atoms with E-state index in [4.69, 9.17) is 4.74 Å². The molecule has 1 aromatic carbocycles. The van der Waals surface area contributed by atoms with E-state index in [1.807, 2.05) is 18.2 Å². The highest BCUT2D eigenvalue weighted by Crippen LogP contribution is 2.17. The molecule has 0 spiro atoms. The van der Waals surface area contributed by atoms with Crippen LogP contribution in [0.4, 0.5) is 0 Å². The summed E-state index contributed by atoms with van der Waals surface area (Å²) in [6, 6.07) is 8.54. The molecule has 5 heteroatoms. The number of aliphatic imine (C=N–C) groups is 1. The molecule has 0 bridgehead atoms. The van der Waals surface area contributed by atoms with E-state index >= 15 is 0 Å². The van der Waals surface area contributed by atoms with E-state index in [2.05, 4.69) is 47.7 Å². The second-order valence-electron chi connectivity index (χ2n) is 5.43. The average molecular weight is 415 g/mol. The number of hydrogen-bond acceptors (Lipinski definition) is 2. The minimum atomic E-state index is 0. The Morgan fingerprint density at radius 1 is 1.32 bits per heavy atom. The molecule has 2 rings (SSSR count). The maximum atomic E-state index is 5.95. The molecule has 1 aliphatic rings. The number of nitrogens with one attached hydrogen (secondary N) is 2. The van der Waals surface area contributed by atoms with Gasteiger partial charge >= 0.3 is 0 Å². The standard InChI is InChI=1S/C17H25N3O.HI/c1-13-8-4-7-11-16(13)21-14(2)12-19-17(18-3)20-15-9-5-6-10-15;/h4-8,11,14-15H,9-10,12H2,1-3H3,(H2,18,19,20);1H. The van der Waals surface area contributed by atoms with Crippen molar-refractivity contribution in [1.29, 1.82) is 0 Å². The molecular formula is C17H26IN3O. The van der Waals surface area contributed by atoms with E-state index < -0.39 is 0 Å². The first-order valence-corrected chi connectivity index (χ1v) is 7.53. The minimum absolute atomic E-state index is 0. The Labute approximate surface area is 150 Å². The van der Waals surface area contributed by atoms with Crippen molar-refractivity contribution in [3.05, 3.63) is 42.0 Å². The summed E-state index contributed by atoms with van der Waals surface area (Å²) in [6.45, 7) is 4.83. The van der Waals surface area contributed by atoms with Crippen molar-refractivity contribution >= 4 is 29.9 Å².